The van der Waals surface area contributed by atoms with Gasteiger partial charge in [0.25, 0.3) is 0 Å². The molecule has 0 saturated heterocycles. The molecule has 1 aliphatic carbocycles. The van der Waals surface area contributed by atoms with Crippen molar-refractivity contribution in [1.29, 1.82) is 0 Å². The maximum absolute atomic E-state index is 6.03. The van der Waals surface area contributed by atoms with Gasteiger partial charge in [0.15, 0.2) is 5.65 Å². The molecule has 4 rings (SSSR count). The van der Waals surface area contributed by atoms with E-state index in [4.69, 9.17) is 11.6 Å². The molecule has 2 heterocycles. The minimum Gasteiger partial charge on any atom is -0.351 e. The van der Waals surface area contributed by atoms with Crippen LogP contribution in [-0.4, -0.2) is 25.6 Å². The molecule has 2 aromatic heterocycles. The van der Waals surface area contributed by atoms with Gasteiger partial charge in [-0.05, 0) is 31.0 Å². The summed E-state index contributed by atoms with van der Waals surface area (Å²) >= 11 is 6.03. The Bertz CT molecular complexity index is 869. The van der Waals surface area contributed by atoms with Gasteiger partial charge in [-0.25, -0.2) is 9.97 Å². The molecule has 3 aromatic rings. The van der Waals surface area contributed by atoms with E-state index in [2.05, 4.69) is 25.6 Å². The Kier molecular flexibility index (Phi) is 3.98. The topological polar surface area (TPSA) is 67.7 Å². The fourth-order valence-electron chi connectivity index (χ4n) is 3.11. The molecule has 1 aliphatic rings. The predicted octanol–water partition coefficient (Wildman–Crippen LogP) is 4.11. The second kappa shape index (κ2) is 6.28. The summed E-state index contributed by atoms with van der Waals surface area (Å²) in [5.41, 5.74) is 2.45. The van der Waals surface area contributed by atoms with Gasteiger partial charge in [-0.2, -0.15) is 4.98 Å². The van der Waals surface area contributed by atoms with E-state index in [0.29, 0.717) is 23.0 Å². The van der Waals surface area contributed by atoms with Crippen molar-refractivity contribution in [3.8, 4) is 0 Å². The second-order valence-corrected chi connectivity index (χ2v) is 6.59. The number of imidazole rings is 1. The number of aryl methyl sites for hydroxylation is 1. The van der Waals surface area contributed by atoms with Gasteiger partial charge in [0.2, 0.25) is 11.9 Å². The summed E-state index contributed by atoms with van der Waals surface area (Å²) in [5, 5.41) is 7.38. The standard InChI is InChI=1S/C17H19ClN6/c1-24-15-14(10-19-16(23-15)20-12-6-2-3-7-12)22-17(24)21-13-8-4-5-11(18)9-13/h4-5,8-10,12H,2-3,6-7H2,1H3,(H,21,22)(H,19,20,23). The Labute approximate surface area is 145 Å². The number of rotatable bonds is 4. The number of benzene rings is 1. The van der Waals surface area contributed by atoms with E-state index in [1.54, 1.807) is 6.20 Å². The molecule has 1 saturated carbocycles. The van der Waals surface area contributed by atoms with Gasteiger partial charge in [0.05, 0.1) is 6.20 Å². The molecular weight excluding hydrogens is 324 g/mol. The first-order valence-corrected chi connectivity index (χ1v) is 8.55. The average Bonchev–Trinajstić information content (AvgIpc) is 3.17. The molecule has 2 N–H and O–H groups in total. The van der Waals surface area contributed by atoms with Gasteiger partial charge in [-0.3, -0.25) is 4.57 Å². The number of aromatic nitrogens is 4. The first-order chi connectivity index (χ1) is 11.7. The van der Waals surface area contributed by atoms with Gasteiger partial charge >= 0.3 is 0 Å². The number of anilines is 3. The van der Waals surface area contributed by atoms with E-state index in [0.717, 1.165) is 16.9 Å². The Balaban J connectivity index is 1.61. The summed E-state index contributed by atoms with van der Waals surface area (Å²) in [6.07, 6.45) is 6.70. The lowest BCUT2D eigenvalue weighted by Gasteiger charge is -2.11. The number of halogens is 1. The molecule has 0 aliphatic heterocycles. The number of hydrogen-bond donors (Lipinski definition) is 2. The van der Waals surface area contributed by atoms with Crippen molar-refractivity contribution in [2.24, 2.45) is 7.05 Å². The molecule has 124 valence electrons. The molecule has 0 unspecified atom stereocenters. The summed E-state index contributed by atoms with van der Waals surface area (Å²) < 4.78 is 1.93. The fourth-order valence-corrected chi connectivity index (χ4v) is 3.30. The van der Waals surface area contributed by atoms with Crippen LogP contribution in [0.3, 0.4) is 0 Å². The summed E-state index contributed by atoms with van der Waals surface area (Å²) in [5.74, 6) is 1.38. The van der Waals surface area contributed by atoms with Crippen LogP contribution in [-0.2, 0) is 7.05 Å². The van der Waals surface area contributed by atoms with Crippen LogP contribution in [0.25, 0.3) is 11.2 Å². The highest BCUT2D eigenvalue weighted by molar-refractivity contribution is 6.30. The van der Waals surface area contributed by atoms with Gasteiger partial charge in [0.1, 0.15) is 5.52 Å². The Morgan fingerprint density at radius 2 is 2.04 bits per heavy atom. The molecule has 6 nitrogen and oxygen atoms in total. The van der Waals surface area contributed by atoms with E-state index in [1.807, 2.05) is 35.9 Å². The molecule has 1 fully saturated rings. The number of fused-ring (bicyclic) bond motifs is 1. The number of hydrogen-bond acceptors (Lipinski definition) is 5. The third-order valence-corrected chi connectivity index (χ3v) is 4.62. The van der Waals surface area contributed by atoms with Gasteiger partial charge < -0.3 is 10.6 Å². The molecule has 1 aromatic carbocycles. The van der Waals surface area contributed by atoms with Gasteiger partial charge in [-0.15, -0.1) is 0 Å². The number of nitrogens with zero attached hydrogens (tertiary/aromatic N) is 4. The smallest absolute Gasteiger partial charge is 0.224 e. The monoisotopic (exact) mass is 342 g/mol. The van der Waals surface area contributed by atoms with Crippen LogP contribution in [0, 0.1) is 0 Å². The van der Waals surface area contributed by atoms with E-state index >= 15 is 0 Å². The summed E-state index contributed by atoms with van der Waals surface area (Å²) in [7, 11) is 1.94. The highest BCUT2D eigenvalue weighted by Gasteiger charge is 2.17. The summed E-state index contributed by atoms with van der Waals surface area (Å²) in [4.78, 5) is 13.6. The van der Waals surface area contributed by atoms with Crippen molar-refractivity contribution < 1.29 is 0 Å². The molecule has 7 heteroatoms. The van der Waals surface area contributed by atoms with Crippen molar-refractivity contribution in [1.82, 2.24) is 19.5 Å². The quantitative estimate of drug-likeness (QED) is 0.746. The molecule has 0 atom stereocenters. The minimum absolute atomic E-state index is 0.486. The zero-order valence-electron chi connectivity index (χ0n) is 13.5. The van der Waals surface area contributed by atoms with Crippen molar-refractivity contribution in [2.75, 3.05) is 10.6 Å². The zero-order valence-corrected chi connectivity index (χ0v) is 14.2. The zero-order chi connectivity index (χ0) is 16.5. The van der Waals surface area contributed by atoms with Crippen LogP contribution >= 0.6 is 11.6 Å². The largest absolute Gasteiger partial charge is 0.351 e. The van der Waals surface area contributed by atoms with Gasteiger partial charge in [0, 0.05) is 23.8 Å². The molecule has 0 bridgehead atoms. The van der Waals surface area contributed by atoms with Crippen LogP contribution < -0.4 is 10.6 Å². The highest BCUT2D eigenvalue weighted by atomic mass is 35.5. The normalized spacial score (nSPS) is 15.1. The lowest BCUT2D eigenvalue weighted by atomic mass is 10.2. The Morgan fingerprint density at radius 3 is 2.83 bits per heavy atom. The fraction of sp³-hybridized carbons (Fsp3) is 0.353. The molecule has 0 spiro atoms. The van der Waals surface area contributed by atoms with Crippen LogP contribution in [0.4, 0.5) is 17.6 Å². The van der Waals surface area contributed by atoms with E-state index < -0.39 is 0 Å². The third-order valence-electron chi connectivity index (χ3n) is 4.38. The van der Waals surface area contributed by atoms with Crippen LogP contribution in [0.15, 0.2) is 30.5 Å². The van der Waals surface area contributed by atoms with E-state index in [9.17, 15) is 0 Å². The first kappa shape index (κ1) is 15.2. The molecule has 0 amide bonds. The third kappa shape index (κ3) is 3.01. The first-order valence-electron chi connectivity index (χ1n) is 8.17. The SMILES string of the molecule is Cn1c(Nc2cccc(Cl)c2)nc2cnc(NC3CCCC3)nc21. The van der Waals surface area contributed by atoms with Crippen molar-refractivity contribution in [3.63, 3.8) is 0 Å². The lowest BCUT2D eigenvalue weighted by Crippen LogP contribution is -2.16. The van der Waals surface area contributed by atoms with Crippen LogP contribution in [0.5, 0.6) is 0 Å². The van der Waals surface area contributed by atoms with Crippen LogP contribution in [0.1, 0.15) is 25.7 Å². The van der Waals surface area contributed by atoms with Crippen molar-refractivity contribution in [3.05, 3.63) is 35.5 Å². The van der Waals surface area contributed by atoms with E-state index in [1.165, 1.54) is 25.7 Å². The molecule has 0 radical (unpaired) electrons. The van der Waals surface area contributed by atoms with Crippen LogP contribution in [0.2, 0.25) is 5.02 Å². The Morgan fingerprint density at radius 1 is 1.21 bits per heavy atom. The Hall–Kier alpha value is -2.34. The predicted molar refractivity (Wildman–Crippen MR) is 96.9 cm³/mol. The summed E-state index contributed by atoms with van der Waals surface area (Å²) in [6.45, 7) is 0. The highest BCUT2D eigenvalue weighted by Crippen LogP contribution is 2.24. The van der Waals surface area contributed by atoms with E-state index in [-0.39, 0.29) is 0 Å². The average molecular weight is 343 g/mol. The second-order valence-electron chi connectivity index (χ2n) is 6.16. The molecular formula is C17H19ClN6. The maximum atomic E-state index is 6.03. The summed E-state index contributed by atoms with van der Waals surface area (Å²) in [6, 6.07) is 8.04. The number of nitrogens with one attached hydrogen (secondary N) is 2. The lowest BCUT2D eigenvalue weighted by molar-refractivity contribution is 0.744. The van der Waals surface area contributed by atoms with Crippen molar-refractivity contribution in [2.45, 2.75) is 31.7 Å². The molecule has 24 heavy (non-hydrogen) atoms. The van der Waals surface area contributed by atoms with Gasteiger partial charge in [-0.1, -0.05) is 30.5 Å². The minimum atomic E-state index is 0.486. The van der Waals surface area contributed by atoms with Crippen molar-refractivity contribution >= 4 is 40.3 Å². The maximum Gasteiger partial charge on any atom is 0.224 e.